The largest absolute Gasteiger partial charge is 0.383 e. The van der Waals surface area contributed by atoms with Gasteiger partial charge in [0.2, 0.25) is 0 Å². The maximum absolute atomic E-state index is 13.4. The number of piperazine rings is 1. The molecule has 4 aromatic rings. The molecule has 234 valence electrons. The number of aromatic nitrogens is 1. The van der Waals surface area contributed by atoms with Crippen molar-refractivity contribution < 1.29 is 9.53 Å². The number of benzene rings is 3. The van der Waals surface area contributed by atoms with Crippen molar-refractivity contribution in [1.29, 1.82) is 0 Å². The second kappa shape index (κ2) is 13.9. The van der Waals surface area contributed by atoms with Crippen LogP contribution in [0.15, 0.2) is 79.0 Å². The number of aryl methyl sites for hydroxylation is 2. The van der Waals surface area contributed by atoms with E-state index in [-0.39, 0.29) is 23.9 Å². The first-order chi connectivity index (χ1) is 21.8. The van der Waals surface area contributed by atoms with Crippen molar-refractivity contribution in [2.45, 2.75) is 58.4 Å². The minimum atomic E-state index is -0.204. The van der Waals surface area contributed by atoms with E-state index in [1.165, 1.54) is 27.8 Å². The Morgan fingerprint density at radius 1 is 0.844 bits per heavy atom. The third-order valence-corrected chi connectivity index (χ3v) is 9.48. The van der Waals surface area contributed by atoms with Crippen molar-refractivity contribution in [2.24, 2.45) is 0 Å². The van der Waals surface area contributed by atoms with Gasteiger partial charge in [-0.05, 0) is 85.2 Å². The molecule has 6 rings (SSSR count). The topological polar surface area (TPSA) is 83.7 Å². The smallest absolute Gasteiger partial charge is 0.255 e. The summed E-state index contributed by atoms with van der Waals surface area (Å²) in [7, 11) is 2.19. The van der Waals surface area contributed by atoms with Gasteiger partial charge in [0.15, 0.2) is 0 Å². The van der Waals surface area contributed by atoms with Gasteiger partial charge in [-0.25, -0.2) is 4.98 Å². The summed E-state index contributed by atoms with van der Waals surface area (Å²) < 4.78 is 6.36. The van der Waals surface area contributed by atoms with Crippen LogP contribution >= 0.6 is 0 Å². The van der Waals surface area contributed by atoms with Crippen LogP contribution in [0.1, 0.15) is 51.9 Å². The number of pyridine rings is 1. The highest BCUT2D eigenvalue weighted by atomic mass is 16.5. The van der Waals surface area contributed by atoms with E-state index in [1.54, 1.807) is 6.20 Å². The summed E-state index contributed by atoms with van der Waals surface area (Å²) in [6.45, 7) is 10.2. The molecule has 1 aromatic heterocycles. The minimum absolute atomic E-state index is 0.0430. The number of amides is 1. The van der Waals surface area contributed by atoms with Gasteiger partial charge in [-0.1, -0.05) is 66.7 Å². The van der Waals surface area contributed by atoms with Gasteiger partial charge in [-0.2, -0.15) is 0 Å². The standard InChI is InChI=1S/C38H45N5O2/c1-26-7-12-32(21-27(26)2)33-22-34(37(39)40-23-33)38(44)41-35-5-4-6-36(35)45-25-29-10-15-31(16-11-29)30-13-8-28(9-14-30)24-43-19-17-42(3)18-20-43/h7-16,21-23,35-36H,4-6,17-20,24-25H2,1-3H3,(H2,39,40)(H,41,44)/t35-,36-/m0/s1. The molecule has 2 aliphatic rings. The second-order valence-electron chi connectivity index (χ2n) is 12.8. The highest BCUT2D eigenvalue weighted by molar-refractivity contribution is 5.99. The Hall–Kier alpha value is -4.04. The second-order valence-corrected chi connectivity index (χ2v) is 12.8. The number of rotatable bonds is 9. The van der Waals surface area contributed by atoms with Crippen molar-refractivity contribution in [3.05, 3.63) is 107 Å². The highest BCUT2D eigenvalue weighted by Gasteiger charge is 2.30. The molecule has 45 heavy (non-hydrogen) atoms. The zero-order chi connectivity index (χ0) is 31.3. The number of carbonyl (C=O) groups excluding carboxylic acids is 1. The van der Waals surface area contributed by atoms with Gasteiger partial charge in [0.05, 0.1) is 24.3 Å². The molecule has 7 nitrogen and oxygen atoms in total. The number of hydrogen-bond donors (Lipinski definition) is 2. The fourth-order valence-electron chi connectivity index (χ4n) is 6.34. The molecule has 0 bridgehead atoms. The summed E-state index contributed by atoms with van der Waals surface area (Å²) >= 11 is 0. The summed E-state index contributed by atoms with van der Waals surface area (Å²) in [6.07, 6.45) is 4.49. The maximum atomic E-state index is 13.4. The van der Waals surface area contributed by atoms with Crippen LogP contribution in [0.5, 0.6) is 0 Å². The average molecular weight is 604 g/mol. The van der Waals surface area contributed by atoms with E-state index in [0.29, 0.717) is 12.2 Å². The predicted molar refractivity (Wildman–Crippen MR) is 182 cm³/mol. The van der Waals surface area contributed by atoms with Crippen LogP contribution in [0.25, 0.3) is 22.3 Å². The third kappa shape index (κ3) is 7.61. The molecular weight excluding hydrogens is 558 g/mol. The van der Waals surface area contributed by atoms with Crippen molar-refractivity contribution in [3.63, 3.8) is 0 Å². The molecule has 2 heterocycles. The quantitative estimate of drug-likeness (QED) is 0.236. The first-order valence-electron chi connectivity index (χ1n) is 16.2. The van der Waals surface area contributed by atoms with Crippen LogP contribution in [0.4, 0.5) is 5.82 Å². The number of nitrogen functional groups attached to an aromatic ring is 1. The first-order valence-corrected chi connectivity index (χ1v) is 16.2. The molecule has 0 radical (unpaired) electrons. The van der Waals surface area contributed by atoms with Gasteiger partial charge in [0.25, 0.3) is 5.91 Å². The lowest BCUT2D eigenvalue weighted by atomic mass is 10.0. The third-order valence-electron chi connectivity index (χ3n) is 9.48. The molecule has 1 aliphatic carbocycles. The number of nitrogens with zero attached hydrogens (tertiary/aromatic N) is 3. The molecule has 3 aromatic carbocycles. The lowest BCUT2D eigenvalue weighted by molar-refractivity contribution is 0.0272. The predicted octanol–water partition coefficient (Wildman–Crippen LogP) is 6.23. The summed E-state index contributed by atoms with van der Waals surface area (Å²) in [6, 6.07) is 25.6. The Morgan fingerprint density at radius 3 is 2.20 bits per heavy atom. The molecule has 1 aliphatic heterocycles. The highest BCUT2D eigenvalue weighted by Crippen LogP contribution is 2.27. The van der Waals surface area contributed by atoms with E-state index in [4.69, 9.17) is 10.5 Å². The number of hydrogen-bond acceptors (Lipinski definition) is 6. The first kappa shape index (κ1) is 31.0. The zero-order valence-corrected chi connectivity index (χ0v) is 26.8. The Bertz CT molecular complexity index is 1610. The van der Waals surface area contributed by atoms with Crippen LogP contribution < -0.4 is 11.1 Å². The number of ether oxygens (including phenoxy) is 1. The van der Waals surface area contributed by atoms with Crippen LogP contribution in [-0.4, -0.2) is 66.1 Å². The van der Waals surface area contributed by atoms with Gasteiger partial charge < -0.3 is 20.7 Å². The van der Waals surface area contributed by atoms with Crippen LogP contribution in [0, 0.1) is 13.8 Å². The number of nitrogens with one attached hydrogen (secondary N) is 1. The average Bonchev–Trinajstić information content (AvgIpc) is 3.50. The fraction of sp³-hybridized carbons (Fsp3) is 0.368. The van der Waals surface area contributed by atoms with Crippen molar-refractivity contribution in [3.8, 4) is 22.3 Å². The molecule has 1 saturated carbocycles. The van der Waals surface area contributed by atoms with Gasteiger partial charge in [-0.15, -0.1) is 0 Å². The van der Waals surface area contributed by atoms with E-state index in [1.807, 2.05) is 6.07 Å². The Balaban J connectivity index is 1.03. The lowest BCUT2D eigenvalue weighted by Gasteiger charge is -2.32. The van der Waals surface area contributed by atoms with Gasteiger partial charge in [0.1, 0.15) is 5.82 Å². The SMILES string of the molecule is Cc1ccc(-c2cnc(N)c(C(=O)N[C@H]3CCC[C@@H]3OCc3ccc(-c4ccc(CN5CCN(C)CC5)cc4)cc3)c2)cc1C. The number of likely N-dealkylation sites (N-methyl/N-ethyl adjacent to an activating group) is 1. The normalized spacial score (nSPS) is 19.1. The number of anilines is 1. The van der Waals surface area contributed by atoms with E-state index < -0.39 is 0 Å². The Labute approximate surface area is 267 Å². The van der Waals surface area contributed by atoms with Gasteiger partial charge in [-0.3, -0.25) is 9.69 Å². The molecule has 2 fully saturated rings. The van der Waals surface area contributed by atoms with Crippen LogP contribution in [0.3, 0.4) is 0 Å². The van der Waals surface area contributed by atoms with Gasteiger partial charge in [0, 0.05) is 44.5 Å². The molecule has 7 heteroatoms. The summed E-state index contributed by atoms with van der Waals surface area (Å²) in [5, 5.41) is 3.20. The van der Waals surface area contributed by atoms with E-state index >= 15 is 0 Å². The van der Waals surface area contributed by atoms with Crippen LogP contribution in [-0.2, 0) is 17.9 Å². The summed E-state index contributed by atoms with van der Waals surface area (Å²) in [5.41, 5.74) is 15.8. The number of nitrogens with two attached hydrogens (primary N) is 1. The summed E-state index contributed by atoms with van der Waals surface area (Å²) in [4.78, 5) is 22.6. The molecule has 2 atom stereocenters. The van der Waals surface area contributed by atoms with Crippen molar-refractivity contribution in [2.75, 3.05) is 39.0 Å². The van der Waals surface area contributed by atoms with Crippen molar-refractivity contribution >= 4 is 11.7 Å². The monoisotopic (exact) mass is 603 g/mol. The molecule has 0 spiro atoms. The molecule has 1 saturated heterocycles. The van der Waals surface area contributed by atoms with Gasteiger partial charge >= 0.3 is 0 Å². The molecule has 3 N–H and O–H groups in total. The van der Waals surface area contributed by atoms with E-state index in [2.05, 4.69) is 108 Å². The van der Waals surface area contributed by atoms with E-state index in [0.717, 1.165) is 68.7 Å². The summed E-state index contributed by atoms with van der Waals surface area (Å²) in [5.74, 6) is 0.0328. The minimum Gasteiger partial charge on any atom is -0.383 e. The fourth-order valence-corrected chi connectivity index (χ4v) is 6.34. The van der Waals surface area contributed by atoms with E-state index in [9.17, 15) is 4.79 Å². The molecule has 1 amide bonds. The maximum Gasteiger partial charge on any atom is 0.255 e. The molecular formula is C38H45N5O2. The van der Waals surface area contributed by atoms with Crippen LogP contribution in [0.2, 0.25) is 0 Å². The lowest BCUT2D eigenvalue weighted by Crippen LogP contribution is -2.43. The Morgan fingerprint density at radius 2 is 1.51 bits per heavy atom. The van der Waals surface area contributed by atoms with Crippen molar-refractivity contribution in [1.82, 2.24) is 20.1 Å². The molecule has 0 unspecified atom stereocenters. The number of carbonyl (C=O) groups is 1. The zero-order valence-electron chi connectivity index (χ0n) is 26.8. The Kier molecular flexibility index (Phi) is 9.59.